The number of hydrogen-bond acceptors (Lipinski definition) is 4. The quantitative estimate of drug-likeness (QED) is 0.870. The first kappa shape index (κ1) is 16.3. The van der Waals surface area contributed by atoms with Crippen LogP contribution in [-0.4, -0.2) is 41.7 Å². The highest BCUT2D eigenvalue weighted by molar-refractivity contribution is 7.94. The van der Waals surface area contributed by atoms with Gasteiger partial charge in [0.2, 0.25) is 0 Å². The van der Waals surface area contributed by atoms with E-state index in [2.05, 4.69) is 9.08 Å². The summed E-state index contributed by atoms with van der Waals surface area (Å²) in [5, 5.41) is 0. The Hall–Kier alpha value is -1.10. The zero-order valence-corrected chi connectivity index (χ0v) is 13.0. The molecular weight excluding hydrogens is 322 g/mol. The van der Waals surface area contributed by atoms with Gasteiger partial charge in [0.25, 0.3) is 6.43 Å². The number of alkyl halides is 2. The molecule has 0 aromatic carbocycles. The molecule has 1 aliphatic rings. The van der Waals surface area contributed by atoms with Crippen molar-refractivity contribution >= 4 is 27.3 Å². The molecule has 0 aliphatic carbocycles. The number of nitrogens with two attached hydrogens (primary N) is 1. The van der Waals surface area contributed by atoms with Crippen molar-refractivity contribution in [2.45, 2.75) is 23.6 Å². The van der Waals surface area contributed by atoms with Crippen LogP contribution in [0.25, 0.3) is 0 Å². The number of carbonyl (C=O) groups excluding carboxylic acids is 1. The number of nitrogens with one attached hydrogen (secondary N) is 1. The fourth-order valence-corrected chi connectivity index (χ4v) is 5.11. The summed E-state index contributed by atoms with van der Waals surface area (Å²) in [4.78, 5) is 13.5. The summed E-state index contributed by atoms with van der Waals surface area (Å²) in [6.07, 6.45) is -1.77. The molecule has 2 rings (SSSR count). The number of halogens is 2. The van der Waals surface area contributed by atoms with Crippen molar-refractivity contribution in [3.63, 3.8) is 0 Å². The molecule has 2 amide bonds. The molecule has 1 aliphatic heterocycles. The van der Waals surface area contributed by atoms with E-state index in [1.165, 1.54) is 18.4 Å². The average Bonchev–Trinajstić information content (AvgIpc) is 2.80. The molecule has 3 N–H and O–H groups in total. The minimum Gasteiger partial charge on any atom is -0.349 e. The molecule has 2 heterocycles. The van der Waals surface area contributed by atoms with Crippen LogP contribution in [0.3, 0.4) is 0 Å². The minimum absolute atomic E-state index is 0.280. The highest BCUT2D eigenvalue weighted by Gasteiger charge is 2.24. The largest absolute Gasteiger partial charge is 0.349 e. The van der Waals surface area contributed by atoms with Gasteiger partial charge in [0.15, 0.2) is 9.92 Å². The molecule has 0 bridgehead atoms. The van der Waals surface area contributed by atoms with Crippen molar-refractivity contribution in [1.82, 2.24) is 9.62 Å². The van der Waals surface area contributed by atoms with Gasteiger partial charge in [0.1, 0.15) is 4.21 Å². The molecule has 0 spiro atoms. The fraction of sp³-hybridized carbons (Fsp3) is 0.545. The van der Waals surface area contributed by atoms with E-state index in [1.54, 1.807) is 11.0 Å². The average molecular weight is 338 g/mol. The van der Waals surface area contributed by atoms with Gasteiger partial charge in [-0.2, -0.15) is 0 Å². The summed E-state index contributed by atoms with van der Waals surface area (Å²) in [6, 6.07) is 0.642. The first-order valence-electron chi connectivity index (χ1n) is 6.21. The number of amides is 2. The van der Waals surface area contributed by atoms with Crippen LogP contribution in [0.4, 0.5) is 13.6 Å². The van der Waals surface area contributed by atoms with Crippen LogP contribution >= 0.6 is 11.3 Å². The number of hydrogen-bond donors (Lipinski definition) is 2. The lowest BCUT2D eigenvalue weighted by Gasteiger charge is -2.25. The lowest BCUT2D eigenvalue weighted by molar-refractivity contribution is 0.0824. The van der Waals surface area contributed by atoms with E-state index in [1.807, 2.05) is 0 Å². The summed E-state index contributed by atoms with van der Waals surface area (Å²) in [5.41, 5.74) is 5.83. The Kier molecular flexibility index (Phi) is 4.91. The van der Waals surface area contributed by atoms with E-state index in [0.29, 0.717) is 23.7 Å². The molecule has 10 heteroatoms. The maximum atomic E-state index is 12.5. The maximum absolute atomic E-state index is 12.5. The number of carbonyl (C=O) groups is 1. The molecule has 118 valence electrons. The predicted molar refractivity (Wildman–Crippen MR) is 76.8 cm³/mol. The van der Waals surface area contributed by atoms with Crippen LogP contribution in [-0.2, 0) is 22.9 Å². The molecule has 0 saturated carbocycles. The van der Waals surface area contributed by atoms with Crippen molar-refractivity contribution in [2.24, 2.45) is 10.1 Å². The Morgan fingerprint density at radius 3 is 2.95 bits per heavy atom. The lowest BCUT2D eigenvalue weighted by Crippen LogP contribution is -2.33. The van der Waals surface area contributed by atoms with Crippen LogP contribution in [0.2, 0.25) is 0 Å². The van der Waals surface area contributed by atoms with Gasteiger partial charge in [-0.15, -0.1) is 15.7 Å². The Morgan fingerprint density at radius 1 is 1.67 bits per heavy atom. The van der Waals surface area contributed by atoms with E-state index in [0.717, 1.165) is 10.4 Å². The second-order valence-electron chi connectivity index (χ2n) is 4.55. The van der Waals surface area contributed by atoms with Crippen LogP contribution in [0.1, 0.15) is 10.4 Å². The zero-order chi connectivity index (χ0) is 15.6. The number of primary amides is 1. The molecule has 1 aromatic heterocycles. The van der Waals surface area contributed by atoms with Gasteiger partial charge in [0.05, 0.1) is 6.54 Å². The van der Waals surface area contributed by atoms with Gasteiger partial charge in [-0.05, 0) is 25.1 Å². The topological polar surface area (TPSA) is 87.8 Å². The zero-order valence-electron chi connectivity index (χ0n) is 11.3. The Labute approximate surface area is 125 Å². The maximum Gasteiger partial charge on any atom is 0.347 e. The van der Waals surface area contributed by atoms with Gasteiger partial charge in [-0.1, -0.05) is 0 Å². The summed E-state index contributed by atoms with van der Waals surface area (Å²) in [7, 11) is -1.66. The van der Waals surface area contributed by atoms with Gasteiger partial charge in [0, 0.05) is 18.0 Å². The molecule has 6 nitrogen and oxygen atoms in total. The van der Waals surface area contributed by atoms with Crippen LogP contribution in [0.15, 0.2) is 14.6 Å². The molecular formula is C11H16F2N4O2S2. The standard InChI is InChI=1S/C11H16F2N4O2S2/c1-15-21(19,16-11(14)18)10-4-7-5-17(6-9(12)13)3-2-8(7)20-10/h4,9H,2-3,5-6H2,1H3,(H3,14,15,16,18,19). The Bertz CT molecular complexity index is 653. The first-order chi connectivity index (χ1) is 9.84. The summed E-state index contributed by atoms with van der Waals surface area (Å²) in [5.74, 6) is 0. The number of thiophene rings is 1. The predicted octanol–water partition coefficient (Wildman–Crippen LogP) is 1.41. The van der Waals surface area contributed by atoms with Gasteiger partial charge < -0.3 is 5.73 Å². The van der Waals surface area contributed by atoms with Crippen molar-refractivity contribution in [3.8, 4) is 0 Å². The number of rotatable bonds is 4. The fourth-order valence-electron chi connectivity index (χ4n) is 2.17. The molecule has 1 unspecified atom stereocenters. The normalized spacial score (nSPS) is 18.3. The summed E-state index contributed by atoms with van der Waals surface area (Å²) in [6.45, 7) is 0.634. The van der Waals surface area contributed by atoms with E-state index in [9.17, 15) is 17.8 Å². The molecule has 0 radical (unpaired) electrons. The molecule has 0 fully saturated rings. The monoisotopic (exact) mass is 338 g/mol. The minimum atomic E-state index is -3.09. The molecule has 1 atom stereocenters. The van der Waals surface area contributed by atoms with Gasteiger partial charge in [-0.3, -0.25) is 4.90 Å². The number of fused-ring (bicyclic) bond motifs is 1. The first-order valence-corrected chi connectivity index (χ1v) is 8.54. The van der Waals surface area contributed by atoms with Gasteiger partial charge in [-0.25, -0.2) is 22.5 Å². The lowest BCUT2D eigenvalue weighted by atomic mass is 10.1. The Balaban J connectivity index is 2.30. The molecule has 1 aromatic rings. The molecule has 21 heavy (non-hydrogen) atoms. The molecule has 0 saturated heterocycles. The van der Waals surface area contributed by atoms with Gasteiger partial charge >= 0.3 is 6.03 Å². The second kappa shape index (κ2) is 6.34. The van der Waals surface area contributed by atoms with E-state index < -0.39 is 22.4 Å². The second-order valence-corrected chi connectivity index (χ2v) is 8.03. The Morgan fingerprint density at radius 2 is 2.38 bits per heavy atom. The van der Waals surface area contributed by atoms with E-state index in [4.69, 9.17) is 5.73 Å². The van der Waals surface area contributed by atoms with E-state index in [-0.39, 0.29) is 6.54 Å². The van der Waals surface area contributed by atoms with Crippen LogP contribution < -0.4 is 10.5 Å². The van der Waals surface area contributed by atoms with Crippen molar-refractivity contribution in [3.05, 3.63) is 16.5 Å². The third-order valence-corrected chi connectivity index (χ3v) is 6.70. The van der Waals surface area contributed by atoms with Crippen LogP contribution in [0.5, 0.6) is 0 Å². The van der Waals surface area contributed by atoms with Crippen LogP contribution in [0, 0.1) is 0 Å². The summed E-state index contributed by atoms with van der Waals surface area (Å²) >= 11 is 1.28. The highest BCUT2D eigenvalue weighted by atomic mass is 32.2. The number of nitrogens with zero attached hydrogens (tertiary/aromatic N) is 2. The van der Waals surface area contributed by atoms with Crippen molar-refractivity contribution in [1.29, 1.82) is 0 Å². The number of urea groups is 1. The van der Waals surface area contributed by atoms with Crippen molar-refractivity contribution in [2.75, 3.05) is 20.1 Å². The third-order valence-electron chi connectivity index (χ3n) is 3.09. The highest BCUT2D eigenvalue weighted by Crippen LogP contribution is 2.31. The SMILES string of the molecule is CNS(=O)(=NC(N)=O)c1cc2c(s1)CCN(CC(F)F)C2. The van der Waals surface area contributed by atoms with Crippen molar-refractivity contribution < 1.29 is 17.8 Å². The van der Waals surface area contributed by atoms with E-state index >= 15 is 0 Å². The summed E-state index contributed by atoms with van der Waals surface area (Å²) < 4.78 is 43.7. The smallest absolute Gasteiger partial charge is 0.347 e. The third kappa shape index (κ3) is 3.76.